The van der Waals surface area contributed by atoms with E-state index in [-0.39, 0.29) is 12.1 Å². The molecule has 0 unspecified atom stereocenters. The monoisotopic (exact) mass is 267 g/mol. The topological polar surface area (TPSA) is 32.3 Å². The second-order valence-electron chi connectivity index (χ2n) is 6.00. The van der Waals surface area contributed by atoms with Crippen molar-refractivity contribution >= 4 is 0 Å². The molecule has 2 aromatic carbocycles. The van der Waals surface area contributed by atoms with E-state index in [1.54, 1.807) is 0 Å². The predicted molar refractivity (Wildman–Crippen MR) is 81.4 cm³/mol. The number of benzene rings is 2. The van der Waals surface area contributed by atoms with Gasteiger partial charge in [-0.1, -0.05) is 60.7 Å². The summed E-state index contributed by atoms with van der Waals surface area (Å²) >= 11 is 0. The van der Waals surface area contributed by atoms with Gasteiger partial charge in [0.2, 0.25) is 0 Å². The fourth-order valence-corrected chi connectivity index (χ4v) is 3.12. The third kappa shape index (κ3) is 2.92. The fraction of sp³-hybridized carbons (Fsp3) is 0.333. The van der Waals surface area contributed by atoms with E-state index in [4.69, 9.17) is 0 Å². The number of rotatable bonds is 2. The number of nitrogens with one attached hydrogen (secondary N) is 1. The number of hydrogen-bond acceptors (Lipinski definition) is 2. The Morgan fingerprint density at radius 1 is 0.850 bits per heavy atom. The van der Waals surface area contributed by atoms with E-state index in [9.17, 15) is 5.11 Å². The molecule has 1 saturated heterocycles. The van der Waals surface area contributed by atoms with Gasteiger partial charge in [-0.25, -0.2) is 0 Å². The van der Waals surface area contributed by atoms with E-state index in [1.807, 2.05) is 19.1 Å². The highest BCUT2D eigenvalue weighted by Gasteiger charge is 2.36. The smallest absolute Gasteiger partial charge is 0.0656 e. The summed E-state index contributed by atoms with van der Waals surface area (Å²) in [4.78, 5) is 0. The second kappa shape index (κ2) is 5.39. The molecule has 20 heavy (non-hydrogen) atoms. The zero-order chi connectivity index (χ0) is 14.0. The summed E-state index contributed by atoms with van der Waals surface area (Å²) < 4.78 is 0. The summed E-state index contributed by atoms with van der Waals surface area (Å²) in [7, 11) is 0. The van der Waals surface area contributed by atoms with Crippen LogP contribution in [0.2, 0.25) is 0 Å². The predicted octanol–water partition coefficient (Wildman–Crippen LogP) is 3.60. The van der Waals surface area contributed by atoms with Gasteiger partial charge in [-0.2, -0.15) is 0 Å². The minimum absolute atomic E-state index is 0.199. The Morgan fingerprint density at radius 3 is 1.65 bits per heavy atom. The van der Waals surface area contributed by atoms with Gasteiger partial charge >= 0.3 is 0 Å². The maximum Gasteiger partial charge on any atom is 0.0656 e. The van der Waals surface area contributed by atoms with Gasteiger partial charge in [-0.3, -0.25) is 0 Å². The molecule has 0 saturated carbocycles. The summed E-state index contributed by atoms with van der Waals surface area (Å²) in [5.74, 6) is 0. The molecule has 0 aliphatic carbocycles. The SMILES string of the molecule is CC1(O)C[C@@H](c2ccccc2)N[C@H](c2ccccc2)C1. The molecule has 1 fully saturated rings. The highest BCUT2D eigenvalue weighted by Crippen LogP contribution is 2.38. The van der Waals surface area contributed by atoms with Crippen molar-refractivity contribution in [2.45, 2.75) is 37.5 Å². The van der Waals surface area contributed by atoms with Crippen molar-refractivity contribution in [2.24, 2.45) is 0 Å². The molecule has 0 spiro atoms. The Hall–Kier alpha value is -1.64. The molecule has 0 amide bonds. The molecule has 1 aliphatic heterocycles. The minimum Gasteiger partial charge on any atom is -0.390 e. The van der Waals surface area contributed by atoms with Gasteiger partial charge in [-0.15, -0.1) is 0 Å². The lowest BCUT2D eigenvalue weighted by Gasteiger charge is -2.40. The third-order valence-corrected chi connectivity index (χ3v) is 4.09. The van der Waals surface area contributed by atoms with Crippen LogP contribution in [0, 0.1) is 0 Å². The zero-order valence-electron chi connectivity index (χ0n) is 11.8. The van der Waals surface area contributed by atoms with Crippen molar-refractivity contribution in [3.05, 3.63) is 71.8 Å². The van der Waals surface area contributed by atoms with Crippen molar-refractivity contribution in [1.82, 2.24) is 5.32 Å². The number of aliphatic hydroxyl groups is 1. The van der Waals surface area contributed by atoms with Gasteiger partial charge in [0.1, 0.15) is 0 Å². The van der Waals surface area contributed by atoms with E-state index in [0.717, 1.165) is 12.8 Å². The third-order valence-electron chi connectivity index (χ3n) is 4.09. The molecule has 2 nitrogen and oxygen atoms in total. The van der Waals surface area contributed by atoms with E-state index in [0.29, 0.717) is 0 Å². The van der Waals surface area contributed by atoms with Crippen molar-refractivity contribution < 1.29 is 5.11 Å². The van der Waals surface area contributed by atoms with Crippen LogP contribution in [-0.2, 0) is 0 Å². The van der Waals surface area contributed by atoms with E-state index >= 15 is 0 Å². The molecule has 2 atom stereocenters. The van der Waals surface area contributed by atoms with Gasteiger partial charge in [0.05, 0.1) is 5.60 Å². The van der Waals surface area contributed by atoms with Crippen LogP contribution in [0.1, 0.15) is 43.0 Å². The van der Waals surface area contributed by atoms with E-state index < -0.39 is 5.60 Å². The highest BCUT2D eigenvalue weighted by molar-refractivity contribution is 5.25. The lowest BCUT2D eigenvalue weighted by atomic mass is 9.80. The normalized spacial score (nSPS) is 30.1. The Morgan fingerprint density at radius 2 is 1.25 bits per heavy atom. The first-order valence-corrected chi connectivity index (χ1v) is 7.22. The summed E-state index contributed by atoms with van der Waals surface area (Å²) in [5, 5.41) is 14.3. The Labute approximate surface area is 120 Å². The van der Waals surface area contributed by atoms with Crippen LogP contribution in [0.5, 0.6) is 0 Å². The Kier molecular flexibility index (Phi) is 3.60. The molecule has 3 rings (SSSR count). The summed E-state index contributed by atoms with van der Waals surface area (Å²) in [6, 6.07) is 21.2. The van der Waals surface area contributed by atoms with Crippen molar-refractivity contribution in [1.29, 1.82) is 0 Å². The van der Waals surface area contributed by atoms with Gasteiger partial charge in [0.25, 0.3) is 0 Å². The molecular formula is C18H21NO. The van der Waals surface area contributed by atoms with Crippen molar-refractivity contribution in [3.8, 4) is 0 Å². The standard InChI is InChI=1S/C18H21NO/c1-18(20)12-16(14-8-4-2-5-9-14)19-17(13-18)15-10-6-3-7-11-15/h2-11,16-17,19-20H,12-13H2,1H3/t16-,17-/m0/s1. The zero-order valence-corrected chi connectivity index (χ0v) is 11.8. The maximum atomic E-state index is 10.6. The molecule has 0 radical (unpaired) electrons. The van der Waals surface area contributed by atoms with E-state index in [1.165, 1.54) is 11.1 Å². The maximum absolute atomic E-state index is 10.6. The molecule has 2 aromatic rings. The second-order valence-corrected chi connectivity index (χ2v) is 6.00. The van der Waals surface area contributed by atoms with Crippen LogP contribution in [0.15, 0.2) is 60.7 Å². The van der Waals surface area contributed by atoms with Gasteiger partial charge < -0.3 is 10.4 Å². The van der Waals surface area contributed by atoms with Gasteiger partial charge in [0, 0.05) is 12.1 Å². The molecular weight excluding hydrogens is 246 g/mol. The molecule has 0 aromatic heterocycles. The molecule has 104 valence electrons. The number of hydrogen-bond donors (Lipinski definition) is 2. The Bertz CT molecular complexity index is 501. The van der Waals surface area contributed by atoms with Crippen LogP contribution in [0.25, 0.3) is 0 Å². The van der Waals surface area contributed by atoms with Crippen LogP contribution in [-0.4, -0.2) is 10.7 Å². The summed E-state index contributed by atoms with van der Waals surface area (Å²) in [5.41, 5.74) is 1.86. The number of piperidine rings is 1. The molecule has 1 heterocycles. The minimum atomic E-state index is -0.633. The van der Waals surface area contributed by atoms with Crippen LogP contribution >= 0.6 is 0 Å². The average Bonchev–Trinajstić information content (AvgIpc) is 2.47. The fourth-order valence-electron chi connectivity index (χ4n) is 3.12. The lowest BCUT2D eigenvalue weighted by molar-refractivity contribution is -0.00426. The quantitative estimate of drug-likeness (QED) is 0.871. The van der Waals surface area contributed by atoms with Gasteiger partial charge in [-0.05, 0) is 30.9 Å². The first-order valence-electron chi connectivity index (χ1n) is 7.22. The molecule has 0 bridgehead atoms. The van der Waals surface area contributed by atoms with Crippen LogP contribution in [0.3, 0.4) is 0 Å². The van der Waals surface area contributed by atoms with Crippen molar-refractivity contribution in [2.75, 3.05) is 0 Å². The lowest BCUT2D eigenvalue weighted by Crippen LogP contribution is -2.43. The van der Waals surface area contributed by atoms with Crippen LogP contribution in [0.4, 0.5) is 0 Å². The average molecular weight is 267 g/mol. The van der Waals surface area contributed by atoms with E-state index in [2.05, 4.69) is 53.8 Å². The van der Waals surface area contributed by atoms with Gasteiger partial charge in [0.15, 0.2) is 0 Å². The largest absolute Gasteiger partial charge is 0.390 e. The highest BCUT2D eigenvalue weighted by atomic mass is 16.3. The molecule has 2 N–H and O–H groups in total. The first kappa shape index (κ1) is 13.3. The van der Waals surface area contributed by atoms with Crippen molar-refractivity contribution in [3.63, 3.8) is 0 Å². The molecule has 2 heteroatoms. The Balaban J connectivity index is 1.87. The first-order chi connectivity index (χ1) is 9.64. The molecule has 1 aliphatic rings. The van der Waals surface area contributed by atoms with Crippen LogP contribution < -0.4 is 5.32 Å². The summed E-state index contributed by atoms with van der Waals surface area (Å²) in [6.07, 6.45) is 1.50. The summed E-state index contributed by atoms with van der Waals surface area (Å²) in [6.45, 7) is 1.94.